The lowest BCUT2D eigenvalue weighted by Gasteiger charge is -2.15. The fourth-order valence-electron chi connectivity index (χ4n) is 3.52. The lowest BCUT2D eigenvalue weighted by Crippen LogP contribution is -2.21. The monoisotopic (exact) mass is 422 g/mol. The van der Waals surface area contributed by atoms with E-state index in [1.165, 1.54) is 23.0 Å². The van der Waals surface area contributed by atoms with Gasteiger partial charge in [-0.1, -0.05) is 36.4 Å². The van der Waals surface area contributed by atoms with E-state index < -0.39 is 23.4 Å². The van der Waals surface area contributed by atoms with E-state index in [0.29, 0.717) is 10.4 Å². The summed E-state index contributed by atoms with van der Waals surface area (Å²) >= 11 is 1.36. The molecule has 2 aromatic carbocycles. The third kappa shape index (κ3) is 3.81. The minimum absolute atomic E-state index is 0.103. The molecule has 1 heterocycles. The number of para-hydroxylation sites is 1. The fraction of sp³-hybridized carbons (Fsp3) is 0.182. The molecule has 0 bridgehead atoms. The topological polar surface area (TPSA) is 98.5 Å². The zero-order valence-electron chi connectivity index (χ0n) is 16.1. The number of hydrogen-bond acceptors (Lipinski definition) is 6. The molecule has 1 N–H and O–H groups in total. The van der Waals surface area contributed by atoms with E-state index in [0.717, 1.165) is 28.8 Å². The van der Waals surface area contributed by atoms with E-state index in [9.17, 15) is 19.7 Å². The Hall–Kier alpha value is -3.52. The van der Waals surface area contributed by atoms with Crippen molar-refractivity contribution in [2.24, 2.45) is 0 Å². The van der Waals surface area contributed by atoms with Crippen LogP contribution in [0.25, 0.3) is 10.4 Å². The maximum atomic E-state index is 12.5. The number of nitrogens with zero attached hydrogens (tertiary/aromatic N) is 1. The Morgan fingerprint density at radius 1 is 1.13 bits per heavy atom. The largest absolute Gasteiger partial charge is 0.451 e. The molecule has 1 aliphatic rings. The summed E-state index contributed by atoms with van der Waals surface area (Å²) in [7, 11) is 0. The third-order valence-corrected chi connectivity index (χ3v) is 6.17. The quantitative estimate of drug-likeness (QED) is 0.370. The van der Waals surface area contributed by atoms with E-state index >= 15 is 0 Å². The number of nitro benzene ring substituents is 1. The van der Waals surface area contributed by atoms with Crippen molar-refractivity contribution in [1.82, 2.24) is 0 Å². The number of amides is 1. The van der Waals surface area contributed by atoms with Crippen LogP contribution in [-0.2, 0) is 22.4 Å². The number of benzene rings is 2. The van der Waals surface area contributed by atoms with Gasteiger partial charge in [0.1, 0.15) is 10.6 Å². The highest BCUT2D eigenvalue weighted by molar-refractivity contribution is 7.17. The van der Waals surface area contributed by atoms with Gasteiger partial charge in [-0.25, -0.2) is 4.79 Å². The molecule has 0 unspecified atom stereocenters. The molecule has 0 saturated heterocycles. The average molecular weight is 422 g/mol. The van der Waals surface area contributed by atoms with Crippen molar-refractivity contribution in [3.8, 4) is 10.4 Å². The van der Waals surface area contributed by atoms with Crippen molar-refractivity contribution < 1.29 is 19.2 Å². The van der Waals surface area contributed by atoms with Crippen molar-refractivity contribution in [2.75, 3.05) is 11.9 Å². The predicted octanol–water partition coefficient (Wildman–Crippen LogP) is 4.53. The Morgan fingerprint density at radius 3 is 2.70 bits per heavy atom. The molecule has 4 rings (SSSR count). The Morgan fingerprint density at radius 2 is 1.90 bits per heavy atom. The van der Waals surface area contributed by atoms with Crippen LogP contribution >= 0.6 is 11.3 Å². The number of nitro groups is 1. The van der Waals surface area contributed by atoms with Gasteiger partial charge in [-0.3, -0.25) is 14.9 Å². The number of esters is 1. The summed E-state index contributed by atoms with van der Waals surface area (Å²) in [6.07, 6.45) is 1.78. The Labute approximate surface area is 176 Å². The van der Waals surface area contributed by atoms with Crippen molar-refractivity contribution >= 4 is 34.6 Å². The minimum atomic E-state index is -0.632. The van der Waals surface area contributed by atoms with Crippen molar-refractivity contribution in [1.29, 1.82) is 0 Å². The zero-order valence-corrected chi connectivity index (χ0v) is 17.0. The van der Waals surface area contributed by atoms with Crippen LogP contribution in [0.1, 0.15) is 26.4 Å². The van der Waals surface area contributed by atoms with Crippen LogP contribution < -0.4 is 5.32 Å². The first-order valence-electron chi connectivity index (χ1n) is 9.36. The molecule has 152 valence electrons. The van der Waals surface area contributed by atoms with Crippen LogP contribution in [0.2, 0.25) is 0 Å². The number of carbonyl (C=O) groups is 2. The van der Waals surface area contributed by atoms with Crippen molar-refractivity contribution in [2.45, 2.75) is 19.8 Å². The van der Waals surface area contributed by atoms with E-state index in [1.807, 2.05) is 24.3 Å². The van der Waals surface area contributed by atoms with Crippen molar-refractivity contribution in [3.63, 3.8) is 0 Å². The molecule has 1 aromatic heterocycles. The van der Waals surface area contributed by atoms with Crippen LogP contribution in [0.3, 0.4) is 0 Å². The van der Waals surface area contributed by atoms with E-state index in [4.69, 9.17) is 4.74 Å². The summed E-state index contributed by atoms with van der Waals surface area (Å²) < 4.78 is 5.16. The van der Waals surface area contributed by atoms with Crippen LogP contribution in [0.5, 0.6) is 0 Å². The standard InChI is InChI=1S/C22H18N2O5S/c1-13-5-4-8-17(24(27)28)20(13)23-19(25)12-29-22(26)18-11-15-10-9-14-6-2-3-7-16(14)21(15)30-18/h2-8,11H,9-10,12H2,1H3,(H,23,25). The van der Waals surface area contributed by atoms with Gasteiger partial charge in [-0.05, 0) is 48.1 Å². The number of fused-ring (bicyclic) bond motifs is 3. The van der Waals surface area contributed by atoms with Crippen LogP contribution in [0.4, 0.5) is 11.4 Å². The summed E-state index contributed by atoms with van der Waals surface area (Å²) in [5, 5.41) is 13.6. The molecule has 0 fully saturated rings. The van der Waals surface area contributed by atoms with Crippen LogP contribution in [0, 0.1) is 17.0 Å². The predicted molar refractivity (Wildman–Crippen MR) is 114 cm³/mol. The second-order valence-electron chi connectivity index (χ2n) is 6.97. The van der Waals surface area contributed by atoms with Gasteiger partial charge in [0.15, 0.2) is 6.61 Å². The molecular formula is C22H18N2O5S. The summed E-state index contributed by atoms with van der Waals surface area (Å²) in [5.41, 5.74) is 3.93. The summed E-state index contributed by atoms with van der Waals surface area (Å²) in [6, 6.07) is 14.4. The van der Waals surface area contributed by atoms with Gasteiger partial charge < -0.3 is 10.1 Å². The van der Waals surface area contributed by atoms with E-state index in [1.54, 1.807) is 19.1 Å². The molecule has 1 aliphatic carbocycles. The smallest absolute Gasteiger partial charge is 0.348 e. The first kappa shape index (κ1) is 19.8. The highest BCUT2D eigenvalue weighted by Crippen LogP contribution is 2.39. The lowest BCUT2D eigenvalue weighted by atomic mass is 9.91. The summed E-state index contributed by atoms with van der Waals surface area (Å²) in [5.74, 6) is -1.21. The van der Waals surface area contributed by atoms with Crippen molar-refractivity contribution in [3.05, 3.63) is 80.2 Å². The number of hydrogen-bond donors (Lipinski definition) is 1. The number of carbonyl (C=O) groups excluding carboxylic acids is 2. The maximum Gasteiger partial charge on any atom is 0.348 e. The summed E-state index contributed by atoms with van der Waals surface area (Å²) in [6.45, 7) is 1.13. The van der Waals surface area contributed by atoms with Gasteiger partial charge in [0.25, 0.3) is 11.6 Å². The molecule has 8 heteroatoms. The molecule has 0 radical (unpaired) electrons. The highest BCUT2D eigenvalue weighted by Gasteiger charge is 2.23. The lowest BCUT2D eigenvalue weighted by molar-refractivity contribution is -0.384. The molecule has 0 atom stereocenters. The number of aryl methyl sites for hydroxylation is 3. The molecule has 0 spiro atoms. The SMILES string of the molecule is Cc1cccc([N+](=O)[O-])c1NC(=O)COC(=O)c1cc2c(s1)-c1ccccc1CC2. The first-order chi connectivity index (χ1) is 14.4. The Bertz CT molecular complexity index is 1170. The van der Waals surface area contributed by atoms with Gasteiger partial charge in [-0.15, -0.1) is 11.3 Å². The van der Waals surface area contributed by atoms with Gasteiger partial charge in [0.2, 0.25) is 0 Å². The second kappa shape index (κ2) is 8.08. The fourth-order valence-corrected chi connectivity index (χ4v) is 4.68. The first-order valence-corrected chi connectivity index (χ1v) is 10.2. The van der Waals surface area contributed by atoms with E-state index in [2.05, 4.69) is 11.4 Å². The Balaban J connectivity index is 1.44. The Kier molecular flexibility index (Phi) is 5.33. The molecule has 0 aliphatic heterocycles. The van der Waals surface area contributed by atoms with Gasteiger partial charge in [-0.2, -0.15) is 0 Å². The maximum absolute atomic E-state index is 12.5. The minimum Gasteiger partial charge on any atom is -0.451 e. The number of thiophene rings is 1. The number of nitrogens with one attached hydrogen (secondary N) is 1. The molecule has 3 aromatic rings. The molecular weight excluding hydrogens is 404 g/mol. The second-order valence-corrected chi connectivity index (χ2v) is 8.02. The summed E-state index contributed by atoms with van der Waals surface area (Å²) in [4.78, 5) is 36.8. The zero-order chi connectivity index (χ0) is 21.3. The molecule has 30 heavy (non-hydrogen) atoms. The number of rotatable bonds is 5. The average Bonchev–Trinajstić information content (AvgIpc) is 3.18. The number of anilines is 1. The van der Waals surface area contributed by atoms with Gasteiger partial charge in [0, 0.05) is 10.9 Å². The van der Waals surface area contributed by atoms with E-state index in [-0.39, 0.29) is 11.4 Å². The third-order valence-electron chi connectivity index (χ3n) is 4.98. The molecule has 1 amide bonds. The molecule has 7 nitrogen and oxygen atoms in total. The number of ether oxygens (including phenoxy) is 1. The van der Waals surface area contributed by atoms with Crippen LogP contribution in [0.15, 0.2) is 48.5 Å². The van der Waals surface area contributed by atoms with Gasteiger partial charge >= 0.3 is 5.97 Å². The molecule has 0 saturated carbocycles. The normalized spacial score (nSPS) is 11.9. The van der Waals surface area contributed by atoms with Gasteiger partial charge in [0.05, 0.1) is 4.92 Å². The highest BCUT2D eigenvalue weighted by atomic mass is 32.1. The van der Waals surface area contributed by atoms with Crippen LogP contribution in [-0.4, -0.2) is 23.4 Å².